The van der Waals surface area contributed by atoms with Crippen molar-refractivity contribution in [3.05, 3.63) is 18.0 Å². The summed E-state index contributed by atoms with van der Waals surface area (Å²) in [6.07, 6.45) is 3.61. The van der Waals surface area contributed by atoms with E-state index in [2.05, 4.69) is 10.4 Å². The zero-order valence-electron chi connectivity index (χ0n) is 9.51. The fourth-order valence-corrected chi connectivity index (χ4v) is 1.36. The lowest BCUT2D eigenvalue weighted by atomic mass is 10.2. The molecule has 0 saturated heterocycles. The van der Waals surface area contributed by atoms with Gasteiger partial charge in [0.25, 0.3) is 5.91 Å². The second kappa shape index (κ2) is 6.24. The maximum absolute atomic E-state index is 11.7. The second-order valence-electron chi connectivity index (χ2n) is 3.54. The molecule has 0 spiro atoms. The third kappa shape index (κ3) is 3.63. The molecule has 1 heterocycles. The van der Waals surface area contributed by atoms with Gasteiger partial charge in [0.2, 0.25) is 0 Å². The first-order valence-electron chi connectivity index (χ1n) is 5.06. The van der Waals surface area contributed by atoms with Crippen molar-refractivity contribution in [1.82, 2.24) is 15.1 Å². The summed E-state index contributed by atoms with van der Waals surface area (Å²) in [5, 5.41) is 15.5. The highest BCUT2D eigenvalue weighted by atomic mass is 16.5. The van der Waals surface area contributed by atoms with Crippen LogP contribution in [0.25, 0.3) is 0 Å². The van der Waals surface area contributed by atoms with E-state index in [0.717, 1.165) is 0 Å². The van der Waals surface area contributed by atoms with Gasteiger partial charge in [-0.3, -0.25) is 9.48 Å². The van der Waals surface area contributed by atoms with Gasteiger partial charge < -0.3 is 15.2 Å². The van der Waals surface area contributed by atoms with Crippen molar-refractivity contribution in [3.8, 4) is 0 Å². The molecule has 0 radical (unpaired) electrons. The molecule has 0 bridgehead atoms. The second-order valence-corrected chi connectivity index (χ2v) is 3.54. The number of aryl methyl sites for hydroxylation is 1. The van der Waals surface area contributed by atoms with Crippen LogP contribution in [0.3, 0.4) is 0 Å². The minimum atomic E-state index is -0.205. The quantitative estimate of drug-likeness (QED) is 0.690. The Morgan fingerprint density at radius 2 is 2.50 bits per heavy atom. The lowest BCUT2D eigenvalue weighted by molar-refractivity contribution is 0.0878. The van der Waals surface area contributed by atoms with Crippen molar-refractivity contribution in [2.75, 3.05) is 20.3 Å². The molecule has 90 valence electrons. The van der Waals surface area contributed by atoms with Gasteiger partial charge >= 0.3 is 0 Å². The van der Waals surface area contributed by atoms with E-state index in [4.69, 9.17) is 9.84 Å². The minimum Gasteiger partial charge on any atom is -0.396 e. The Hall–Kier alpha value is -1.40. The normalized spacial score (nSPS) is 12.4. The number of ether oxygens (including phenoxy) is 1. The summed E-state index contributed by atoms with van der Waals surface area (Å²) in [4.78, 5) is 11.7. The largest absolute Gasteiger partial charge is 0.396 e. The molecular formula is C10H17N3O3. The summed E-state index contributed by atoms with van der Waals surface area (Å²) >= 11 is 0. The van der Waals surface area contributed by atoms with Crippen LogP contribution >= 0.6 is 0 Å². The molecule has 0 aliphatic rings. The zero-order chi connectivity index (χ0) is 12.0. The molecule has 1 aromatic rings. The summed E-state index contributed by atoms with van der Waals surface area (Å²) in [7, 11) is 3.30. The number of hydrogen-bond acceptors (Lipinski definition) is 4. The van der Waals surface area contributed by atoms with Crippen LogP contribution in [0, 0.1) is 0 Å². The van der Waals surface area contributed by atoms with E-state index in [0.29, 0.717) is 18.6 Å². The summed E-state index contributed by atoms with van der Waals surface area (Å²) < 4.78 is 6.51. The highest BCUT2D eigenvalue weighted by molar-refractivity contribution is 5.93. The molecule has 16 heavy (non-hydrogen) atoms. The van der Waals surface area contributed by atoms with Crippen LogP contribution < -0.4 is 5.32 Å². The van der Waals surface area contributed by atoms with Gasteiger partial charge in [0.1, 0.15) is 0 Å². The minimum absolute atomic E-state index is 0.0152. The van der Waals surface area contributed by atoms with E-state index < -0.39 is 0 Å². The molecule has 6 heteroatoms. The fourth-order valence-electron chi connectivity index (χ4n) is 1.36. The predicted octanol–water partition coefficient (Wildman–Crippen LogP) is -0.453. The maximum atomic E-state index is 11.7. The number of nitrogens with one attached hydrogen (secondary N) is 1. The highest BCUT2D eigenvalue weighted by Crippen LogP contribution is 1.99. The highest BCUT2D eigenvalue weighted by Gasteiger charge is 2.14. The molecule has 0 fully saturated rings. The van der Waals surface area contributed by atoms with E-state index in [1.54, 1.807) is 25.0 Å². The van der Waals surface area contributed by atoms with E-state index in [1.165, 1.54) is 6.20 Å². The zero-order valence-corrected chi connectivity index (χ0v) is 9.51. The lowest BCUT2D eigenvalue weighted by Gasteiger charge is -2.15. The van der Waals surface area contributed by atoms with Crippen LogP contribution in [0.5, 0.6) is 0 Å². The molecule has 0 aliphatic heterocycles. The van der Waals surface area contributed by atoms with Crippen LogP contribution in [0.2, 0.25) is 0 Å². The van der Waals surface area contributed by atoms with E-state index >= 15 is 0 Å². The number of aliphatic hydroxyl groups excluding tert-OH is 1. The monoisotopic (exact) mass is 227 g/mol. The van der Waals surface area contributed by atoms with Crippen LogP contribution in [-0.4, -0.2) is 47.2 Å². The number of rotatable bonds is 6. The topological polar surface area (TPSA) is 76.4 Å². The van der Waals surface area contributed by atoms with Gasteiger partial charge in [-0.2, -0.15) is 5.10 Å². The molecule has 1 aromatic heterocycles. The Morgan fingerprint density at radius 3 is 3.00 bits per heavy atom. The van der Waals surface area contributed by atoms with Crippen molar-refractivity contribution in [1.29, 1.82) is 0 Å². The molecule has 0 aromatic carbocycles. The Morgan fingerprint density at radius 1 is 1.75 bits per heavy atom. The number of methoxy groups -OCH3 is 1. The number of amides is 1. The summed E-state index contributed by atoms with van der Waals surface area (Å²) in [6.45, 7) is 0.397. The van der Waals surface area contributed by atoms with Crippen LogP contribution in [-0.2, 0) is 11.8 Å². The molecule has 2 N–H and O–H groups in total. The van der Waals surface area contributed by atoms with Gasteiger partial charge in [-0.1, -0.05) is 0 Å². The summed E-state index contributed by atoms with van der Waals surface area (Å²) in [5.74, 6) is -0.205. The smallest absolute Gasteiger partial charge is 0.254 e. The molecule has 1 unspecified atom stereocenters. The van der Waals surface area contributed by atoms with Gasteiger partial charge in [-0.15, -0.1) is 0 Å². The Balaban J connectivity index is 2.54. The van der Waals surface area contributed by atoms with E-state index in [9.17, 15) is 4.79 Å². The van der Waals surface area contributed by atoms with E-state index in [-0.39, 0.29) is 18.6 Å². The van der Waals surface area contributed by atoms with Gasteiger partial charge in [0.15, 0.2) is 0 Å². The number of aliphatic hydroxyl groups is 1. The fraction of sp³-hybridized carbons (Fsp3) is 0.600. The Kier molecular flexibility index (Phi) is 4.94. The number of aromatic nitrogens is 2. The third-order valence-corrected chi connectivity index (χ3v) is 2.15. The van der Waals surface area contributed by atoms with Crippen molar-refractivity contribution >= 4 is 5.91 Å². The lowest BCUT2D eigenvalue weighted by Crippen LogP contribution is -2.38. The Bertz CT molecular complexity index is 332. The molecule has 1 amide bonds. The molecule has 1 rings (SSSR count). The molecular weight excluding hydrogens is 210 g/mol. The molecule has 1 atom stereocenters. The molecule has 0 saturated carbocycles. The van der Waals surface area contributed by atoms with E-state index in [1.807, 2.05) is 0 Å². The first-order chi connectivity index (χ1) is 7.67. The van der Waals surface area contributed by atoms with Crippen molar-refractivity contribution < 1.29 is 14.6 Å². The summed E-state index contributed by atoms with van der Waals surface area (Å²) in [6, 6.07) is -0.178. The maximum Gasteiger partial charge on any atom is 0.254 e. The van der Waals surface area contributed by atoms with Crippen LogP contribution in [0.15, 0.2) is 12.4 Å². The van der Waals surface area contributed by atoms with Gasteiger partial charge in [0, 0.05) is 27.0 Å². The third-order valence-electron chi connectivity index (χ3n) is 2.15. The van der Waals surface area contributed by atoms with Crippen molar-refractivity contribution in [3.63, 3.8) is 0 Å². The SMILES string of the molecule is COCC(CCO)NC(=O)c1cnn(C)c1. The average Bonchev–Trinajstić information content (AvgIpc) is 2.65. The summed E-state index contributed by atoms with van der Waals surface area (Å²) in [5.41, 5.74) is 0.501. The average molecular weight is 227 g/mol. The number of carbonyl (C=O) groups is 1. The van der Waals surface area contributed by atoms with Gasteiger partial charge in [0.05, 0.1) is 24.4 Å². The van der Waals surface area contributed by atoms with Crippen LogP contribution in [0.4, 0.5) is 0 Å². The van der Waals surface area contributed by atoms with Gasteiger partial charge in [-0.25, -0.2) is 0 Å². The van der Waals surface area contributed by atoms with Crippen molar-refractivity contribution in [2.24, 2.45) is 7.05 Å². The first kappa shape index (κ1) is 12.7. The number of hydrogen-bond donors (Lipinski definition) is 2. The van der Waals surface area contributed by atoms with Crippen LogP contribution in [0.1, 0.15) is 16.8 Å². The first-order valence-corrected chi connectivity index (χ1v) is 5.06. The number of nitrogens with zero attached hydrogens (tertiary/aromatic N) is 2. The van der Waals surface area contributed by atoms with Gasteiger partial charge in [-0.05, 0) is 6.42 Å². The Labute approximate surface area is 94.2 Å². The predicted molar refractivity (Wildman–Crippen MR) is 58.0 cm³/mol. The molecule has 0 aliphatic carbocycles. The molecule has 6 nitrogen and oxygen atoms in total. The number of carbonyl (C=O) groups excluding carboxylic acids is 1. The van der Waals surface area contributed by atoms with Crippen molar-refractivity contribution in [2.45, 2.75) is 12.5 Å². The standard InChI is InChI=1S/C10H17N3O3/c1-13-6-8(5-11-13)10(15)12-9(3-4-14)7-16-2/h5-6,9,14H,3-4,7H2,1-2H3,(H,12,15).